The van der Waals surface area contributed by atoms with E-state index in [0.717, 1.165) is 0 Å². The number of anilines is 1. The van der Waals surface area contributed by atoms with Crippen molar-refractivity contribution in [1.82, 2.24) is 0 Å². The van der Waals surface area contributed by atoms with E-state index >= 15 is 0 Å². The number of amides is 1. The third-order valence-electron chi connectivity index (χ3n) is 5.71. The Morgan fingerprint density at radius 3 is 2.24 bits per heavy atom. The molecule has 8 nitrogen and oxygen atoms in total. The number of ether oxygens (including phenoxy) is 3. The van der Waals surface area contributed by atoms with Gasteiger partial charge in [0.2, 0.25) is 0 Å². The van der Waals surface area contributed by atoms with Crippen LogP contribution in [0.25, 0.3) is 5.76 Å². The zero-order chi connectivity index (χ0) is 26.7. The van der Waals surface area contributed by atoms with E-state index in [0.29, 0.717) is 28.3 Å². The van der Waals surface area contributed by atoms with Gasteiger partial charge in [-0.3, -0.25) is 19.3 Å². The van der Waals surface area contributed by atoms with Gasteiger partial charge in [-0.15, -0.1) is 0 Å². The Balaban J connectivity index is 1.90. The summed E-state index contributed by atoms with van der Waals surface area (Å²) >= 11 is 0. The Kier molecular flexibility index (Phi) is 7.29. The molecule has 4 rings (SSSR count). The minimum absolute atomic E-state index is 0.0949. The lowest BCUT2D eigenvalue weighted by molar-refractivity contribution is -0.132. The van der Waals surface area contributed by atoms with Gasteiger partial charge >= 0.3 is 5.97 Å². The normalized spacial score (nSPS) is 16.7. The van der Waals surface area contributed by atoms with Gasteiger partial charge in [0.25, 0.3) is 11.7 Å². The Labute approximate surface area is 214 Å². The van der Waals surface area contributed by atoms with Gasteiger partial charge in [-0.1, -0.05) is 24.3 Å². The SMILES string of the molecule is COc1ccc(N2C(=O)C(=O)/C(=C(\O)c3cccc(OC(C)C)c3)C2c2cccc(OC(C)=O)c2)cc1. The molecule has 1 aliphatic heterocycles. The van der Waals surface area contributed by atoms with Crippen LogP contribution in [0.5, 0.6) is 17.2 Å². The summed E-state index contributed by atoms with van der Waals surface area (Å²) in [4.78, 5) is 39.6. The van der Waals surface area contributed by atoms with Crippen LogP contribution >= 0.6 is 0 Å². The van der Waals surface area contributed by atoms with Crippen molar-refractivity contribution in [1.29, 1.82) is 0 Å². The minimum atomic E-state index is -0.987. The van der Waals surface area contributed by atoms with Crippen LogP contribution in [-0.2, 0) is 14.4 Å². The molecule has 1 aliphatic rings. The van der Waals surface area contributed by atoms with Crippen molar-refractivity contribution in [2.24, 2.45) is 0 Å². The standard InChI is InChI=1S/C29H27NO7/c1-17(2)36-23-9-6-8-20(16-23)27(32)25-26(19-7-5-10-24(15-19)37-18(3)31)30(29(34)28(25)33)21-11-13-22(35-4)14-12-21/h5-17,26,32H,1-4H3/b27-25-. The lowest BCUT2D eigenvalue weighted by atomic mass is 9.95. The van der Waals surface area contributed by atoms with Gasteiger partial charge in [0, 0.05) is 18.2 Å². The second-order valence-electron chi connectivity index (χ2n) is 8.73. The summed E-state index contributed by atoms with van der Waals surface area (Å²) in [5.74, 6) is -1.16. The van der Waals surface area contributed by atoms with Crippen molar-refractivity contribution in [2.45, 2.75) is 32.9 Å². The molecule has 1 N–H and O–H groups in total. The van der Waals surface area contributed by atoms with Gasteiger partial charge in [-0.2, -0.15) is 0 Å². The minimum Gasteiger partial charge on any atom is -0.507 e. The number of ketones is 1. The van der Waals surface area contributed by atoms with Gasteiger partial charge in [0.1, 0.15) is 23.0 Å². The fourth-order valence-electron chi connectivity index (χ4n) is 4.22. The Bertz CT molecular complexity index is 1380. The maximum absolute atomic E-state index is 13.4. The van der Waals surface area contributed by atoms with Gasteiger partial charge in [0.05, 0.1) is 24.8 Å². The highest BCUT2D eigenvalue weighted by Gasteiger charge is 2.47. The first-order valence-corrected chi connectivity index (χ1v) is 11.7. The monoisotopic (exact) mass is 501 g/mol. The molecule has 0 bridgehead atoms. The van der Waals surface area contributed by atoms with Crippen molar-refractivity contribution < 1.29 is 33.7 Å². The molecule has 1 amide bonds. The van der Waals surface area contributed by atoms with E-state index in [9.17, 15) is 19.5 Å². The number of aliphatic hydroxyl groups excluding tert-OH is 1. The Morgan fingerprint density at radius 2 is 1.59 bits per heavy atom. The summed E-state index contributed by atoms with van der Waals surface area (Å²) in [5, 5.41) is 11.4. The largest absolute Gasteiger partial charge is 0.507 e. The number of methoxy groups -OCH3 is 1. The zero-order valence-electron chi connectivity index (χ0n) is 20.9. The molecule has 0 spiro atoms. The summed E-state index contributed by atoms with van der Waals surface area (Å²) in [6, 6.07) is 18.9. The van der Waals surface area contributed by atoms with Crippen LogP contribution in [0.1, 0.15) is 37.9 Å². The maximum Gasteiger partial charge on any atom is 0.308 e. The number of rotatable bonds is 7. The molecule has 8 heteroatoms. The molecule has 0 aromatic heterocycles. The van der Waals surface area contributed by atoms with E-state index in [1.54, 1.807) is 72.8 Å². The van der Waals surface area contributed by atoms with Crippen LogP contribution in [0.2, 0.25) is 0 Å². The molecule has 37 heavy (non-hydrogen) atoms. The van der Waals surface area contributed by atoms with Crippen molar-refractivity contribution in [3.8, 4) is 17.2 Å². The van der Waals surface area contributed by atoms with Crippen LogP contribution in [0.4, 0.5) is 5.69 Å². The van der Waals surface area contributed by atoms with Crippen molar-refractivity contribution in [3.05, 3.63) is 89.5 Å². The highest BCUT2D eigenvalue weighted by Crippen LogP contribution is 2.43. The second-order valence-corrected chi connectivity index (χ2v) is 8.73. The molecule has 1 unspecified atom stereocenters. The molecule has 0 aliphatic carbocycles. The van der Waals surface area contributed by atoms with Crippen LogP contribution < -0.4 is 19.1 Å². The number of hydrogen-bond donors (Lipinski definition) is 1. The Hall–Kier alpha value is -4.59. The highest BCUT2D eigenvalue weighted by molar-refractivity contribution is 6.51. The van der Waals surface area contributed by atoms with E-state index in [1.165, 1.54) is 18.9 Å². The maximum atomic E-state index is 13.4. The average Bonchev–Trinajstić information content (AvgIpc) is 3.13. The van der Waals surface area contributed by atoms with E-state index in [-0.39, 0.29) is 23.2 Å². The molecule has 0 saturated carbocycles. The predicted molar refractivity (Wildman–Crippen MR) is 138 cm³/mol. The van der Waals surface area contributed by atoms with Crippen LogP contribution in [0.3, 0.4) is 0 Å². The quantitative estimate of drug-likeness (QED) is 0.159. The fraction of sp³-hybridized carbons (Fsp3) is 0.207. The molecular formula is C29H27NO7. The molecule has 1 fully saturated rings. The fourth-order valence-corrected chi connectivity index (χ4v) is 4.22. The zero-order valence-corrected chi connectivity index (χ0v) is 20.9. The number of carbonyl (C=O) groups is 3. The van der Waals surface area contributed by atoms with E-state index in [4.69, 9.17) is 14.2 Å². The third kappa shape index (κ3) is 5.33. The van der Waals surface area contributed by atoms with Crippen LogP contribution in [0, 0.1) is 0 Å². The van der Waals surface area contributed by atoms with Crippen molar-refractivity contribution in [2.75, 3.05) is 12.0 Å². The number of nitrogens with zero attached hydrogens (tertiary/aromatic N) is 1. The van der Waals surface area contributed by atoms with Gasteiger partial charge in [-0.25, -0.2) is 0 Å². The number of esters is 1. The van der Waals surface area contributed by atoms with Gasteiger partial charge in [-0.05, 0) is 67.9 Å². The number of benzene rings is 3. The molecular weight excluding hydrogens is 474 g/mol. The topological polar surface area (TPSA) is 102 Å². The molecule has 1 atom stereocenters. The number of hydrogen-bond acceptors (Lipinski definition) is 7. The highest BCUT2D eigenvalue weighted by atomic mass is 16.5. The second kappa shape index (κ2) is 10.6. The third-order valence-corrected chi connectivity index (χ3v) is 5.71. The summed E-state index contributed by atoms with van der Waals surface area (Å²) < 4.78 is 16.2. The van der Waals surface area contributed by atoms with Crippen LogP contribution in [0.15, 0.2) is 78.4 Å². The first-order valence-electron chi connectivity index (χ1n) is 11.7. The summed E-state index contributed by atoms with van der Waals surface area (Å²) in [6.45, 7) is 5.04. The summed E-state index contributed by atoms with van der Waals surface area (Å²) in [7, 11) is 1.53. The molecule has 0 radical (unpaired) electrons. The molecule has 1 saturated heterocycles. The van der Waals surface area contributed by atoms with E-state index in [1.807, 2.05) is 13.8 Å². The first-order chi connectivity index (χ1) is 17.7. The molecule has 190 valence electrons. The van der Waals surface area contributed by atoms with E-state index in [2.05, 4.69) is 0 Å². The van der Waals surface area contributed by atoms with Gasteiger partial charge in [0.15, 0.2) is 0 Å². The number of aliphatic hydroxyl groups is 1. The predicted octanol–water partition coefficient (Wildman–Crippen LogP) is 5.03. The average molecular weight is 502 g/mol. The molecule has 3 aromatic carbocycles. The Morgan fingerprint density at radius 1 is 0.919 bits per heavy atom. The lowest BCUT2D eigenvalue weighted by Crippen LogP contribution is -2.29. The van der Waals surface area contributed by atoms with Crippen molar-refractivity contribution in [3.63, 3.8) is 0 Å². The molecule has 3 aromatic rings. The number of carbonyl (C=O) groups excluding carboxylic acids is 3. The lowest BCUT2D eigenvalue weighted by Gasteiger charge is -2.26. The summed E-state index contributed by atoms with van der Waals surface area (Å²) in [6.07, 6.45) is -0.0953. The smallest absolute Gasteiger partial charge is 0.308 e. The van der Waals surface area contributed by atoms with Crippen molar-refractivity contribution >= 4 is 29.1 Å². The first kappa shape index (κ1) is 25.5. The van der Waals surface area contributed by atoms with Crippen LogP contribution in [-0.4, -0.2) is 36.0 Å². The van der Waals surface area contributed by atoms with E-state index < -0.39 is 23.7 Å². The van der Waals surface area contributed by atoms with Gasteiger partial charge < -0.3 is 19.3 Å². The summed E-state index contributed by atoms with van der Waals surface area (Å²) in [5.41, 5.74) is 1.14. The molecule has 1 heterocycles. The number of Topliss-reactive ketones (excluding diaryl/α,β-unsaturated/α-hetero) is 1.